The van der Waals surface area contributed by atoms with Crippen LogP contribution in [-0.2, 0) is 4.74 Å². The van der Waals surface area contributed by atoms with Gasteiger partial charge in [-0.2, -0.15) is 0 Å². The summed E-state index contributed by atoms with van der Waals surface area (Å²) in [6, 6.07) is 24.5. The molecular formula is C24H18N2O2. The average molecular weight is 366 g/mol. The number of para-hydroxylation sites is 1. The monoisotopic (exact) mass is 366 g/mol. The number of nitrogens with zero attached hydrogens (tertiary/aromatic N) is 1. The molecule has 0 radical (unpaired) electrons. The van der Waals surface area contributed by atoms with Gasteiger partial charge in [-0.1, -0.05) is 54.3 Å². The number of nitrogens with one attached hydrogen (secondary N) is 1. The van der Waals surface area contributed by atoms with Crippen LogP contribution in [0.3, 0.4) is 0 Å². The number of hydrogen-bond donors (Lipinski definition) is 1. The van der Waals surface area contributed by atoms with Gasteiger partial charge in [-0.3, -0.25) is 4.79 Å². The lowest BCUT2D eigenvalue weighted by Crippen LogP contribution is -2.16. The molecule has 1 aliphatic heterocycles. The second kappa shape index (κ2) is 8.24. The first kappa shape index (κ1) is 17.6. The molecule has 0 spiro atoms. The van der Waals surface area contributed by atoms with Crippen LogP contribution in [0.1, 0.15) is 27.0 Å². The Balaban J connectivity index is 1.61. The fourth-order valence-corrected chi connectivity index (χ4v) is 2.92. The number of carbonyl (C=O) groups is 1. The molecule has 0 bridgehead atoms. The number of rotatable bonds is 3. The third-order valence-electron chi connectivity index (χ3n) is 4.28. The second-order valence-electron chi connectivity index (χ2n) is 6.20. The summed E-state index contributed by atoms with van der Waals surface area (Å²) in [5, 5.41) is 2.97. The summed E-state index contributed by atoms with van der Waals surface area (Å²) < 4.78 is 5.55. The highest BCUT2D eigenvalue weighted by atomic mass is 16.5. The smallest absolute Gasteiger partial charge is 0.256 e. The third kappa shape index (κ3) is 3.94. The Morgan fingerprint density at radius 3 is 2.46 bits per heavy atom. The van der Waals surface area contributed by atoms with Crippen LogP contribution >= 0.6 is 0 Å². The van der Waals surface area contributed by atoms with Gasteiger partial charge in [-0.05, 0) is 36.4 Å². The molecule has 1 amide bonds. The summed E-state index contributed by atoms with van der Waals surface area (Å²) >= 11 is 0. The summed E-state index contributed by atoms with van der Waals surface area (Å²) in [6.07, 6.45) is 0. The fraction of sp³-hybridized carbons (Fsp3) is 0.0833. The Morgan fingerprint density at radius 2 is 1.64 bits per heavy atom. The van der Waals surface area contributed by atoms with Gasteiger partial charge >= 0.3 is 0 Å². The molecular weight excluding hydrogens is 348 g/mol. The van der Waals surface area contributed by atoms with Crippen LogP contribution in [-0.4, -0.2) is 25.0 Å². The Kier molecular flexibility index (Phi) is 5.17. The van der Waals surface area contributed by atoms with Crippen molar-refractivity contribution in [1.82, 2.24) is 0 Å². The maximum absolute atomic E-state index is 13.0. The maximum Gasteiger partial charge on any atom is 0.256 e. The highest BCUT2D eigenvalue weighted by Gasteiger charge is 2.17. The number of hydrogen-bond acceptors (Lipinski definition) is 3. The van der Waals surface area contributed by atoms with Gasteiger partial charge in [0.2, 0.25) is 5.90 Å². The van der Waals surface area contributed by atoms with Gasteiger partial charge in [-0.25, -0.2) is 4.99 Å². The Bertz CT molecular complexity index is 1090. The SMILES string of the molecule is O=C(Nc1ccccc1C1=NCCO1)c1ccccc1C#Cc1ccccc1. The number of benzene rings is 3. The van der Waals surface area contributed by atoms with E-state index in [2.05, 4.69) is 22.2 Å². The van der Waals surface area contributed by atoms with Crippen molar-refractivity contribution < 1.29 is 9.53 Å². The molecule has 28 heavy (non-hydrogen) atoms. The molecule has 0 unspecified atom stereocenters. The molecule has 0 aromatic heterocycles. The summed E-state index contributed by atoms with van der Waals surface area (Å²) in [4.78, 5) is 17.3. The Hall–Kier alpha value is -3.84. The molecule has 3 aromatic carbocycles. The Morgan fingerprint density at radius 1 is 0.893 bits per heavy atom. The van der Waals surface area contributed by atoms with Crippen LogP contribution in [0.25, 0.3) is 0 Å². The maximum atomic E-state index is 13.0. The lowest BCUT2D eigenvalue weighted by atomic mass is 10.1. The van der Waals surface area contributed by atoms with Crippen molar-refractivity contribution in [3.63, 3.8) is 0 Å². The molecule has 0 saturated heterocycles. The van der Waals surface area contributed by atoms with Gasteiger partial charge in [0.1, 0.15) is 6.61 Å². The summed E-state index contributed by atoms with van der Waals surface area (Å²) in [6.45, 7) is 1.20. The van der Waals surface area contributed by atoms with Gasteiger partial charge in [0.15, 0.2) is 0 Å². The number of ether oxygens (including phenoxy) is 1. The predicted molar refractivity (Wildman–Crippen MR) is 111 cm³/mol. The molecule has 0 atom stereocenters. The van der Waals surface area contributed by atoms with Crippen LogP contribution < -0.4 is 5.32 Å². The van der Waals surface area contributed by atoms with E-state index >= 15 is 0 Å². The highest BCUT2D eigenvalue weighted by Crippen LogP contribution is 2.20. The molecule has 1 heterocycles. The summed E-state index contributed by atoms with van der Waals surface area (Å²) in [5.74, 6) is 6.56. The molecule has 0 fully saturated rings. The molecule has 136 valence electrons. The van der Waals surface area contributed by atoms with Gasteiger partial charge in [0, 0.05) is 11.1 Å². The number of carbonyl (C=O) groups excluding carboxylic acids is 1. The van der Waals surface area contributed by atoms with Gasteiger partial charge < -0.3 is 10.1 Å². The standard InChI is InChI=1S/C24H18N2O2/c27-23(26-22-13-7-6-12-21(22)24-25-16-17-28-24)20-11-5-4-10-19(20)15-14-18-8-2-1-3-9-18/h1-13H,16-17H2,(H,26,27). The summed E-state index contributed by atoms with van der Waals surface area (Å²) in [7, 11) is 0. The Labute approximate surface area is 163 Å². The lowest BCUT2D eigenvalue weighted by Gasteiger charge is -2.11. The van der Waals surface area contributed by atoms with Gasteiger partial charge in [-0.15, -0.1) is 0 Å². The second-order valence-corrected chi connectivity index (χ2v) is 6.20. The van der Waals surface area contributed by atoms with E-state index in [-0.39, 0.29) is 5.91 Å². The first-order valence-electron chi connectivity index (χ1n) is 9.05. The zero-order valence-electron chi connectivity index (χ0n) is 15.2. The van der Waals surface area contributed by atoms with Gasteiger partial charge in [0.05, 0.1) is 23.4 Å². The van der Waals surface area contributed by atoms with E-state index in [4.69, 9.17) is 4.74 Å². The van der Waals surface area contributed by atoms with Crippen LogP contribution in [0.2, 0.25) is 0 Å². The lowest BCUT2D eigenvalue weighted by molar-refractivity contribution is 0.102. The molecule has 4 heteroatoms. The molecule has 1 aliphatic rings. The van der Waals surface area contributed by atoms with E-state index in [1.165, 1.54) is 0 Å². The van der Waals surface area contributed by atoms with Crippen LogP contribution in [0.15, 0.2) is 83.9 Å². The van der Waals surface area contributed by atoms with E-state index in [0.29, 0.717) is 35.9 Å². The predicted octanol–water partition coefficient (Wildman–Crippen LogP) is 4.12. The van der Waals surface area contributed by atoms with Gasteiger partial charge in [0.25, 0.3) is 5.91 Å². The molecule has 3 aromatic rings. The quantitative estimate of drug-likeness (QED) is 0.709. The molecule has 0 aliphatic carbocycles. The number of anilines is 1. The normalized spacial score (nSPS) is 12.4. The topological polar surface area (TPSA) is 50.7 Å². The summed E-state index contributed by atoms with van der Waals surface area (Å²) in [5.41, 5.74) is 3.55. The van der Waals surface area contributed by atoms with Crippen LogP contribution in [0.4, 0.5) is 5.69 Å². The van der Waals surface area contributed by atoms with E-state index in [1.54, 1.807) is 6.07 Å². The third-order valence-corrected chi connectivity index (χ3v) is 4.28. The fourth-order valence-electron chi connectivity index (χ4n) is 2.92. The minimum atomic E-state index is -0.219. The van der Waals surface area contributed by atoms with E-state index in [0.717, 1.165) is 11.1 Å². The van der Waals surface area contributed by atoms with Crippen LogP contribution in [0.5, 0.6) is 0 Å². The highest BCUT2D eigenvalue weighted by molar-refractivity contribution is 6.10. The largest absolute Gasteiger partial charge is 0.475 e. The van der Waals surface area contributed by atoms with Crippen molar-refractivity contribution in [3.8, 4) is 11.8 Å². The number of amides is 1. The van der Waals surface area contributed by atoms with Crippen molar-refractivity contribution in [3.05, 3.63) is 101 Å². The number of aliphatic imine (C=N–C) groups is 1. The van der Waals surface area contributed by atoms with Crippen LogP contribution in [0, 0.1) is 11.8 Å². The van der Waals surface area contributed by atoms with Crippen molar-refractivity contribution in [2.24, 2.45) is 4.99 Å². The van der Waals surface area contributed by atoms with Crippen molar-refractivity contribution in [2.75, 3.05) is 18.5 Å². The minimum Gasteiger partial charge on any atom is -0.475 e. The first-order valence-corrected chi connectivity index (χ1v) is 9.05. The average Bonchev–Trinajstić information content (AvgIpc) is 3.28. The van der Waals surface area contributed by atoms with E-state index < -0.39 is 0 Å². The van der Waals surface area contributed by atoms with E-state index in [1.807, 2.05) is 72.8 Å². The molecule has 4 nitrogen and oxygen atoms in total. The molecule has 0 saturated carbocycles. The molecule has 4 rings (SSSR count). The first-order chi connectivity index (χ1) is 13.8. The van der Waals surface area contributed by atoms with Crippen molar-refractivity contribution in [1.29, 1.82) is 0 Å². The zero-order valence-corrected chi connectivity index (χ0v) is 15.2. The minimum absolute atomic E-state index is 0.219. The molecule has 1 N–H and O–H groups in total. The zero-order chi connectivity index (χ0) is 19.2. The van der Waals surface area contributed by atoms with Crippen molar-refractivity contribution in [2.45, 2.75) is 0 Å². The van der Waals surface area contributed by atoms with Crippen molar-refractivity contribution >= 4 is 17.5 Å². The van der Waals surface area contributed by atoms with E-state index in [9.17, 15) is 4.79 Å².